The molecule has 1 aliphatic heterocycles. The van der Waals surface area contributed by atoms with Crippen LogP contribution in [0.1, 0.15) is 16.7 Å². The van der Waals surface area contributed by atoms with Gasteiger partial charge in [0.15, 0.2) is 0 Å². The number of hydrogen-bond acceptors (Lipinski definition) is 2. The summed E-state index contributed by atoms with van der Waals surface area (Å²) in [4.78, 5) is 2.35. The minimum atomic E-state index is 0.656. The third-order valence-corrected chi connectivity index (χ3v) is 2.71. The summed E-state index contributed by atoms with van der Waals surface area (Å²) in [5, 5.41) is 0. The van der Waals surface area contributed by atoms with Crippen molar-refractivity contribution < 1.29 is 0 Å². The van der Waals surface area contributed by atoms with Crippen LogP contribution in [0.4, 0.5) is 0 Å². The molecule has 0 aliphatic carbocycles. The molecule has 13 heavy (non-hydrogen) atoms. The summed E-state index contributed by atoms with van der Waals surface area (Å²) in [6.45, 7) is 2.91. The zero-order valence-corrected chi connectivity index (χ0v) is 8.09. The van der Waals surface area contributed by atoms with E-state index in [1.54, 1.807) is 0 Å². The Labute approximate surface area is 79.4 Å². The lowest BCUT2D eigenvalue weighted by atomic mass is 9.98. The van der Waals surface area contributed by atoms with Crippen molar-refractivity contribution in [1.29, 1.82) is 0 Å². The highest BCUT2D eigenvalue weighted by atomic mass is 15.1. The SMILES string of the molecule is CN1CCc2cc(CN)ccc2C1. The summed E-state index contributed by atoms with van der Waals surface area (Å²) < 4.78 is 0. The standard InChI is InChI=1S/C11H16N2/c1-13-5-4-10-6-9(7-12)2-3-11(10)8-13/h2-3,6H,4-5,7-8,12H2,1H3. The van der Waals surface area contributed by atoms with Crippen LogP contribution in [-0.4, -0.2) is 18.5 Å². The van der Waals surface area contributed by atoms with Gasteiger partial charge in [-0.05, 0) is 30.2 Å². The predicted octanol–water partition coefficient (Wildman–Crippen LogP) is 1.13. The number of benzene rings is 1. The fraction of sp³-hybridized carbons (Fsp3) is 0.455. The largest absolute Gasteiger partial charge is 0.326 e. The molecule has 0 unspecified atom stereocenters. The van der Waals surface area contributed by atoms with Crippen molar-refractivity contribution in [3.63, 3.8) is 0 Å². The Bertz CT molecular complexity index is 307. The van der Waals surface area contributed by atoms with Crippen LogP contribution in [0.25, 0.3) is 0 Å². The molecule has 1 heterocycles. The van der Waals surface area contributed by atoms with E-state index in [0.29, 0.717) is 6.54 Å². The lowest BCUT2D eigenvalue weighted by Crippen LogP contribution is -2.26. The van der Waals surface area contributed by atoms with E-state index in [2.05, 4.69) is 30.1 Å². The quantitative estimate of drug-likeness (QED) is 0.695. The molecule has 0 atom stereocenters. The van der Waals surface area contributed by atoms with Crippen molar-refractivity contribution in [3.8, 4) is 0 Å². The second-order valence-corrected chi connectivity index (χ2v) is 3.79. The van der Waals surface area contributed by atoms with Crippen LogP contribution < -0.4 is 5.73 Å². The van der Waals surface area contributed by atoms with Gasteiger partial charge in [0, 0.05) is 19.6 Å². The topological polar surface area (TPSA) is 29.3 Å². The third kappa shape index (κ3) is 1.74. The van der Waals surface area contributed by atoms with Gasteiger partial charge < -0.3 is 10.6 Å². The third-order valence-electron chi connectivity index (χ3n) is 2.71. The normalized spacial score (nSPS) is 17.1. The summed E-state index contributed by atoms with van der Waals surface area (Å²) in [5.74, 6) is 0. The first-order chi connectivity index (χ1) is 6.29. The maximum Gasteiger partial charge on any atom is 0.0233 e. The van der Waals surface area contributed by atoms with Gasteiger partial charge in [-0.25, -0.2) is 0 Å². The van der Waals surface area contributed by atoms with Gasteiger partial charge in [0.1, 0.15) is 0 Å². The van der Waals surface area contributed by atoms with E-state index >= 15 is 0 Å². The number of hydrogen-bond donors (Lipinski definition) is 1. The molecule has 0 aromatic heterocycles. The van der Waals surface area contributed by atoms with Crippen molar-refractivity contribution in [1.82, 2.24) is 4.90 Å². The van der Waals surface area contributed by atoms with Crippen LogP contribution in [0.5, 0.6) is 0 Å². The monoisotopic (exact) mass is 176 g/mol. The fourth-order valence-corrected chi connectivity index (χ4v) is 1.87. The molecule has 2 heteroatoms. The molecule has 1 aliphatic rings. The van der Waals surface area contributed by atoms with Gasteiger partial charge in [0.25, 0.3) is 0 Å². The molecular formula is C11H16N2. The van der Waals surface area contributed by atoms with Crippen molar-refractivity contribution in [2.75, 3.05) is 13.6 Å². The second-order valence-electron chi connectivity index (χ2n) is 3.79. The Morgan fingerprint density at radius 3 is 3.00 bits per heavy atom. The number of fused-ring (bicyclic) bond motifs is 1. The second kappa shape index (κ2) is 3.48. The van der Waals surface area contributed by atoms with Crippen LogP contribution in [0, 0.1) is 0 Å². The van der Waals surface area contributed by atoms with Crippen LogP contribution in [0.15, 0.2) is 18.2 Å². The Morgan fingerprint density at radius 2 is 2.23 bits per heavy atom. The van der Waals surface area contributed by atoms with Gasteiger partial charge in [0.05, 0.1) is 0 Å². The van der Waals surface area contributed by atoms with Crippen LogP contribution in [-0.2, 0) is 19.5 Å². The average molecular weight is 176 g/mol. The molecule has 1 aromatic rings. The fourth-order valence-electron chi connectivity index (χ4n) is 1.87. The molecule has 0 saturated carbocycles. The highest BCUT2D eigenvalue weighted by Crippen LogP contribution is 2.18. The van der Waals surface area contributed by atoms with E-state index in [1.807, 2.05) is 0 Å². The summed E-state index contributed by atoms with van der Waals surface area (Å²) in [7, 11) is 2.17. The summed E-state index contributed by atoms with van der Waals surface area (Å²) >= 11 is 0. The van der Waals surface area contributed by atoms with Gasteiger partial charge in [-0.2, -0.15) is 0 Å². The van der Waals surface area contributed by atoms with E-state index in [0.717, 1.165) is 6.54 Å². The van der Waals surface area contributed by atoms with Crippen LogP contribution in [0.2, 0.25) is 0 Å². The average Bonchev–Trinajstić information content (AvgIpc) is 2.17. The highest BCUT2D eigenvalue weighted by Gasteiger charge is 2.12. The van der Waals surface area contributed by atoms with E-state index in [9.17, 15) is 0 Å². The van der Waals surface area contributed by atoms with Gasteiger partial charge in [-0.15, -0.1) is 0 Å². The summed E-state index contributed by atoms with van der Waals surface area (Å²) in [6.07, 6.45) is 1.17. The molecule has 2 rings (SSSR count). The van der Waals surface area contributed by atoms with Gasteiger partial charge in [0.2, 0.25) is 0 Å². The zero-order valence-electron chi connectivity index (χ0n) is 8.09. The van der Waals surface area contributed by atoms with E-state index < -0.39 is 0 Å². The van der Waals surface area contributed by atoms with Crippen molar-refractivity contribution >= 4 is 0 Å². The molecular weight excluding hydrogens is 160 g/mol. The molecule has 0 amide bonds. The first-order valence-corrected chi connectivity index (χ1v) is 4.79. The smallest absolute Gasteiger partial charge is 0.0233 e. The van der Waals surface area contributed by atoms with Crippen molar-refractivity contribution in [3.05, 3.63) is 34.9 Å². The Hall–Kier alpha value is -0.860. The summed E-state index contributed by atoms with van der Waals surface area (Å²) in [6, 6.07) is 6.60. The van der Waals surface area contributed by atoms with E-state index in [-0.39, 0.29) is 0 Å². The Balaban J connectivity index is 2.31. The van der Waals surface area contributed by atoms with Gasteiger partial charge in [-0.3, -0.25) is 0 Å². The zero-order chi connectivity index (χ0) is 9.26. The molecule has 70 valence electrons. The van der Waals surface area contributed by atoms with E-state index in [4.69, 9.17) is 5.73 Å². The molecule has 1 aromatic carbocycles. The number of nitrogens with two attached hydrogens (primary N) is 1. The first-order valence-electron chi connectivity index (χ1n) is 4.79. The predicted molar refractivity (Wildman–Crippen MR) is 54.4 cm³/mol. The maximum atomic E-state index is 5.60. The minimum absolute atomic E-state index is 0.656. The maximum absolute atomic E-state index is 5.60. The highest BCUT2D eigenvalue weighted by molar-refractivity contribution is 5.33. The van der Waals surface area contributed by atoms with Crippen LogP contribution >= 0.6 is 0 Å². The Kier molecular flexibility index (Phi) is 2.34. The van der Waals surface area contributed by atoms with Crippen molar-refractivity contribution in [2.24, 2.45) is 5.73 Å². The van der Waals surface area contributed by atoms with Gasteiger partial charge in [-0.1, -0.05) is 18.2 Å². The van der Waals surface area contributed by atoms with Crippen LogP contribution in [0.3, 0.4) is 0 Å². The van der Waals surface area contributed by atoms with Crippen molar-refractivity contribution in [2.45, 2.75) is 19.5 Å². The number of rotatable bonds is 1. The first kappa shape index (κ1) is 8.73. The number of nitrogens with zero attached hydrogens (tertiary/aromatic N) is 1. The lowest BCUT2D eigenvalue weighted by Gasteiger charge is -2.25. The lowest BCUT2D eigenvalue weighted by molar-refractivity contribution is 0.313. The molecule has 0 bridgehead atoms. The molecule has 0 saturated heterocycles. The minimum Gasteiger partial charge on any atom is -0.326 e. The summed E-state index contributed by atoms with van der Waals surface area (Å²) in [5.41, 5.74) is 9.80. The molecule has 0 radical (unpaired) electrons. The van der Waals surface area contributed by atoms with Gasteiger partial charge >= 0.3 is 0 Å². The number of likely N-dealkylation sites (N-methyl/N-ethyl adjacent to an activating group) is 1. The van der Waals surface area contributed by atoms with E-state index in [1.165, 1.54) is 29.7 Å². The Morgan fingerprint density at radius 1 is 1.38 bits per heavy atom. The molecule has 0 spiro atoms. The molecule has 0 fully saturated rings. The molecule has 2 nitrogen and oxygen atoms in total. The molecule has 2 N–H and O–H groups in total.